The number of rotatable bonds is 4. The number of carbonyl (C=O) groups is 1. The Morgan fingerprint density at radius 1 is 1.50 bits per heavy atom. The topological polar surface area (TPSA) is 83.8 Å². The van der Waals surface area contributed by atoms with Gasteiger partial charge in [0.15, 0.2) is 0 Å². The van der Waals surface area contributed by atoms with Crippen molar-refractivity contribution in [2.45, 2.75) is 6.42 Å². The van der Waals surface area contributed by atoms with Crippen LogP contribution in [0.25, 0.3) is 0 Å². The molecule has 18 heavy (non-hydrogen) atoms. The van der Waals surface area contributed by atoms with E-state index in [1.54, 1.807) is 30.7 Å². The molecule has 0 aliphatic rings. The van der Waals surface area contributed by atoms with Crippen molar-refractivity contribution in [2.24, 2.45) is 0 Å². The number of carbonyl (C=O) groups excluding carboxylic acids is 1. The molecular formula is C12H13ClN4O. The zero-order valence-corrected chi connectivity index (χ0v) is 10.4. The Balaban J connectivity index is 1.93. The summed E-state index contributed by atoms with van der Waals surface area (Å²) in [5.74, 6) is -0.227. The Morgan fingerprint density at radius 2 is 2.33 bits per heavy atom. The summed E-state index contributed by atoms with van der Waals surface area (Å²) >= 11 is 5.85. The van der Waals surface area contributed by atoms with Crippen LogP contribution in [0.3, 0.4) is 0 Å². The van der Waals surface area contributed by atoms with E-state index in [1.165, 1.54) is 0 Å². The molecule has 5 nitrogen and oxygen atoms in total. The fourth-order valence-corrected chi connectivity index (χ4v) is 1.74. The Kier molecular flexibility index (Phi) is 3.84. The lowest BCUT2D eigenvalue weighted by atomic mass is 10.1. The third-order valence-electron chi connectivity index (χ3n) is 2.53. The fourth-order valence-electron chi connectivity index (χ4n) is 1.56. The molecular weight excluding hydrogens is 252 g/mol. The van der Waals surface area contributed by atoms with Crippen molar-refractivity contribution in [2.75, 3.05) is 12.3 Å². The van der Waals surface area contributed by atoms with Crippen LogP contribution in [-0.2, 0) is 6.42 Å². The number of imidazole rings is 1. The van der Waals surface area contributed by atoms with Gasteiger partial charge in [-0.15, -0.1) is 0 Å². The van der Waals surface area contributed by atoms with Crippen molar-refractivity contribution in [3.63, 3.8) is 0 Å². The van der Waals surface area contributed by atoms with Crippen LogP contribution in [0.5, 0.6) is 0 Å². The number of aromatic amines is 1. The predicted octanol–water partition coefficient (Wildman–Crippen LogP) is 1.62. The maximum Gasteiger partial charge on any atom is 0.253 e. The molecule has 2 aromatic rings. The number of H-pyrrole nitrogens is 1. The minimum absolute atomic E-state index is 0.227. The molecule has 0 aliphatic carbocycles. The summed E-state index contributed by atoms with van der Waals surface area (Å²) in [6.45, 7) is 0.507. The van der Waals surface area contributed by atoms with Crippen LogP contribution in [0.1, 0.15) is 16.1 Å². The lowest BCUT2D eigenvalue weighted by Crippen LogP contribution is -2.26. The van der Waals surface area contributed by atoms with Crippen molar-refractivity contribution >= 4 is 23.2 Å². The summed E-state index contributed by atoms with van der Waals surface area (Å²) in [6.07, 6.45) is 4.01. The van der Waals surface area contributed by atoms with Gasteiger partial charge in [-0.1, -0.05) is 17.7 Å². The first-order valence-electron chi connectivity index (χ1n) is 5.48. The van der Waals surface area contributed by atoms with Crippen molar-refractivity contribution in [1.29, 1.82) is 0 Å². The standard InChI is InChI=1S/C12H13ClN4O/c13-10-3-1-2-9(11(10)14)12(18)16-5-4-8-6-15-7-17-8/h1-3,6-7H,4-5,14H2,(H,15,17)(H,16,18). The summed E-state index contributed by atoms with van der Waals surface area (Å²) in [7, 11) is 0. The number of hydrogen-bond acceptors (Lipinski definition) is 3. The molecule has 2 rings (SSSR count). The number of aromatic nitrogens is 2. The van der Waals surface area contributed by atoms with E-state index in [4.69, 9.17) is 17.3 Å². The van der Waals surface area contributed by atoms with Crippen LogP contribution in [0.15, 0.2) is 30.7 Å². The number of para-hydroxylation sites is 1. The van der Waals surface area contributed by atoms with Gasteiger partial charge in [-0.25, -0.2) is 4.98 Å². The number of amides is 1. The van der Waals surface area contributed by atoms with E-state index in [1.807, 2.05) is 0 Å². The highest BCUT2D eigenvalue weighted by Gasteiger charge is 2.10. The second kappa shape index (κ2) is 5.55. The SMILES string of the molecule is Nc1c(Cl)cccc1C(=O)NCCc1cnc[nH]1. The monoisotopic (exact) mass is 264 g/mol. The quantitative estimate of drug-likeness (QED) is 0.734. The third kappa shape index (κ3) is 2.81. The van der Waals surface area contributed by atoms with E-state index >= 15 is 0 Å². The van der Waals surface area contributed by atoms with Crippen molar-refractivity contribution < 1.29 is 4.79 Å². The van der Waals surface area contributed by atoms with Crippen molar-refractivity contribution in [1.82, 2.24) is 15.3 Å². The number of anilines is 1. The van der Waals surface area contributed by atoms with E-state index in [9.17, 15) is 4.79 Å². The van der Waals surface area contributed by atoms with Crippen LogP contribution in [0, 0.1) is 0 Å². The summed E-state index contributed by atoms with van der Waals surface area (Å²) in [5.41, 5.74) is 7.41. The summed E-state index contributed by atoms with van der Waals surface area (Å²) in [4.78, 5) is 18.7. The second-order valence-corrected chi connectivity index (χ2v) is 4.19. The molecule has 0 saturated carbocycles. The van der Waals surface area contributed by atoms with Gasteiger partial charge in [-0.3, -0.25) is 4.79 Å². The largest absolute Gasteiger partial charge is 0.397 e. The molecule has 0 bridgehead atoms. The van der Waals surface area contributed by atoms with Gasteiger partial charge in [0, 0.05) is 24.9 Å². The molecule has 0 aliphatic heterocycles. The number of nitrogens with zero attached hydrogens (tertiary/aromatic N) is 1. The Hall–Kier alpha value is -2.01. The third-order valence-corrected chi connectivity index (χ3v) is 2.86. The minimum atomic E-state index is -0.227. The molecule has 4 N–H and O–H groups in total. The first-order chi connectivity index (χ1) is 8.68. The maximum absolute atomic E-state index is 11.9. The van der Waals surface area contributed by atoms with Crippen molar-refractivity contribution in [3.05, 3.63) is 47.0 Å². The zero-order chi connectivity index (χ0) is 13.0. The summed E-state index contributed by atoms with van der Waals surface area (Å²) in [5, 5.41) is 3.17. The molecule has 1 heterocycles. The number of benzene rings is 1. The van der Waals surface area contributed by atoms with E-state index in [-0.39, 0.29) is 5.91 Å². The Morgan fingerprint density at radius 3 is 3.06 bits per heavy atom. The van der Waals surface area contributed by atoms with Gasteiger partial charge in [-0.2, -0.15) is 0 Å². The fraction of sp³-hybridized carbons (Fsp3) is 0.167. The molecule has 6 heteroatoms. The average molecular weight is 265 g/mol. The average Bonchev–Trinajstić information content (AvgIpc) is 2.85. The first kappa shape index (κ1) is 12.4. The predicted molar refractivity (Wildman–Crippen MR) is 70.5 cm³/mol. The zero-order valence-electron chi connectivity index (χ0n) is 9.61. The van der Waals surface area contributed by atoms with Gasteiger partial charge in [0.05, 0.1) is 22.6 Å². The molecule has 1 aromatic carbocycles. The van der Waals surface area contributed by atoms with Crippen LogP contribution >= 0.6 is 11.6 Å². The highest BCUT2D eigenvalue weighted by molar-refractivity contribution is 6.33. The number of halogens is 1. The molecule has 0 atom stereocenters. The van der Waals surface area contributed by atoms with Gasteiger partial charge < -0.3 is 16.0 Å². The van der Waals surface area contributed by atoms with E-state index in [2.05, 4.69) is 15.3 Å². The maximum atomic E-state index is 11.9. The van der Waals surface area contributed by atoms with E-state index in [0.717, 1.165) is 5.69 Å². The Bertz CT molecular complexity index is 539. The summed E-state index contributed by atoms with van der Waals surface area (Å²) in [6, 6.07) is 4.99. The Labute approximate surface area is 109 Å². The molecule has 1 amide bonds. The van der Waals surface area contributed by atoms with Crippen LogP contribution in [-0.4, -0.2) is 22.4 Å². The van der Waals surface area contributed by atoms with Gasteiger partial charge in [-0.05, 0) is 12.1 Å². The molecule has 0 spiro atoms. The van der Waals surface area contributed by atoms with Gasteiger partial charge in [0.1, 0.15) is 0 Å². The number of hydrogen-bond donors (Lipinski definition) is 3. The normalized spacial score (nSPS) is 10.3. The number of nitrogen functional groups attached to an aromatic ring is 1. The second-order valence-electron chi connectivity index (χ2n) is 3.78. The smallest absolute Gasteiger partial charge is 0.253 e. The molecule has 0 fully saturated rings. The van der Waals surface area contributed by atoms with E-state index in [0.29, 0.717) is 29.2 Å². The molecule has 0 unspecified atom stereocenters. The summed E-state index contributed by atoms with van der Waals surface area (Å²) < 4.78 is 0. The molecule has 0 radical (unpaired) electrons. The lowest BCUT2D eigenvalue weighted by molar-refractivity contribution is 0.0955. The molecule has 0 saturated heterocycles. The first-order valence-corrected chi connectivity index (χ1v) is 5.85. The van der Waals surface area contributed by atoms with Crippen molar-refractivity contribution in [3.8, 4) is 0 Å². The van der Waals surface area contributed by atoms with Crippen LogP contribution in [0.2, 0.25) is 5.02 Å². The van der Waals surface area contributed by atoms with E-state index < -0.39 is 0 Å². The highest BCUT2D eigenvalue weighted by Crippen LogP contribution is 2.22. The van der Waals surface area contributed by atoms with Gasteiger partial charge in [0.2, 0.25) is 0 Å². The van der Waals surface area contributed by atoms with Gasteiger partial charge >= 0.3 is 0 Å². The number of nitrogens with two attached hydrogens (primary N) is 1. The minimum Gasteiger partial charge on any atom is -0.397 e. The number of nitrogens with one attached hydrogen (secondary N) is 2. The lowest BCUT2D eigenvalue weighted by Gasteiger charge is -2.07. The molecule has 1 aromatic heterocycles. The molecule has 94 valence electrons. The van der Waals surface area contributed by atoms with Gasteiger partial charge in [0.25, 0.3) is 5.91 Å². The van der Waals surface area contributed by atoms with Crippen LogP contribution in [0.4, 0.5) is 5.69 Å². The van der Waals surface area contributed by atoms with Crippen LogP contribution < -0.4 is 11.1 Å². The highest BCUT2D eigenvalue weighted by atomic mass is 35.5.